The minimum Gasteiger partial charge on any atom is -0.326 e. The van der Waals surface area contributed by atoms with E-state index < -0.39 is 0 Å². The van der Waals surface area contributed by atoms with Crippen LogP contribution in [0.15, 0.2) is 48.5 Å². The Morgan fingerprint density at radius 2 is 1.59 bits per heavy atom. The van der Waals surface area contributed by atoms with Crippen molar-refractivity contribution >= 4 is 48.0 Å². The second-order valence-electron chi connectivity index (χ2n) is 7.15. The van der Waals surface area contributed by atoms with Crippen LogP contribution in [0.3, 0.4) is 0 Å². The zero-order valence-electron chi connectivity index (χ0n) is 15.3. The van der Waals surface area contributed by atoms with Crippen molar-refractivity contribution < 1.29 is 0 Å². The number of hydrogen-bond acceptors (Lipinski definition) is 2. The van der Waals surface area contributed by atoms with Crippen LogP contribution in [0.25, 0.3) is 0 Å². The molecule has 150 valence electrons. The van der Waals surface area contributed by atoms with Crippen LogP contribution in [-0.2, 0) is 12.8 Å². The average molecular weight is 450 g/mol. The van der Waals surface area contributed by atoms with E-state index in [1.165, 1.54) is 24.8 Å². The van der Waals surface area contributed by atoms with Gasteiger partial charge in [-0.3, -0.25) is 0 Å². The first-order valence-electron chi connectivity index (χ1n) is 9.06. The number of piperidine rings is 1. The van der Waals surface area contributed by atoms with Crippen LogP contribution in [0.5, 0.6) is 0 Å². The maximum Gasteiger partial charge on any atom is 0.0595 e. The average Bonchev–Trinajstić information content (AvgIpc) is 2.61. The molecule has 1 unspecified atom stereocenters. The van der Waals surface area contributed by atoms with Gasteiger partial charge in [0.25, 0.3) is 0 Å². The van der Waals surface area contributed by atoms with Crippen molar-refractivity contribution in [3.63, 3.8) is 0 Å². The lowest BCUT2D eigenvalue weighted by molar-refractivity contribution is 0.175. The molecule has 6 heteroatoms. The number of nitrogens with two attached hydrogens (primary N) is 1. The topological polar surface area (TPSA) is 29.3 Å². The van der Waals surface area contributed by atoms with E-state index in [4.69, 9.17) is 28.9 Å². The summed E-state index contributed by atoms with van der Waals surface area (Å²) in [6, 6.07) is 16.7. The highest BCUT2D eigenvalue weighted by atomic mass is 35.5. The van der Waals surface area contributed by atoms with Crippen LogP contribution >= 0.6 is 48.0 Å². The summed E-state index contributed by atoms with van der Waals surface area (Å²) in [7, 11) is 0. The molecule has 0 amide bonds. The Morgan fingerprint density at radius 1 is 0.926 bits per heavy atom. The maximum absolute atomic E-state index is 6.37. The van der Waals surface area contributed by atoms with E-state index in [-0.39, 0.29) is 30.9 Å². The molecule has 0 bridgehead atoms. The molecular formula is C21H28Cl4N2. The molecule has 1 saturated heterocycles. The summed E-state index contributed by atoms with van der Waals surface area (Å²) in [5.74, 6) is 0.796. The number of rotatable bonds is 6. The molecule has 1 heterocycles. The van der Waals surface area contributed by atoms with Gasteiger partial charge in [-0.15, -0.1) is 24.8 Å². The standard InChI is InChI=1S/C21H26Cl2N2.2ClH/c22-20-7-6-18(14-21(20)23)13-19(24)15-25-10-8-17(9-11-25)12-16-4-2-1-3-5-16;;/h1-7,14,17,19H,8-13,15,24H2;2*1H. The largest absolute Gasteiger partial charge is 0.326 e. The van der Waals surface area contributed by atoms with Crippen LogP contribution in [0.1, 0.15) is 24.0 Å². The molecule has 0 aliphatic carbocycles. The van der Waals surface area contributed by atoms with E-state index in [1.807, 2.05) is 18.2 Å². The van der Waals surface area contributed by atoms with Crippen molar-refractivity contribution in [2.45, 2.75) is 31.7 Å². The molecule has 1 fully saturated rings. The fraction of sp³-hybridized carbons (Fsp3) is 0.429. The second-order valence-corrected chi connectivity index (χ2v) is 7.96. The summed E-state index contributed by atoms with van der Waals surface area (Å²) >= 11 is 12.1. The molecule has 0 saturated carbocycles. The lowest BCUT2D eigenvalue weighted by Crippen LogP contribution is -2.43. The van der Waals surface area contributed by atoms with E-state index in [9.17, 15) is 0 Å². The Balaban J connectivity index is 0.00000182. The molecule has 0 spiro atoms. The third kappa shape index (κ3) is 7.81. The SMILES string of the molecule is Cl.Cl.NC(Cc1ccc(Cl)c(Cl)c1)CN1CCC(Cc2ccccc2)CC1. The molecule has 0 aromatic heterocycles. The first-order valence-corrected chi connectivity index (χ1v) is 9.81. The third-order valence-corrected chi connectivity index (χ3v) is 5.79. The summed E-state index contributed by atoms with van der Waals surface area (Å²) in [5.41, 5.74) is 8.97. The molecule has 2 aromatic carbocycles. The summed E-state index contributed by atoms with van der Waals surface area (Å²) in [4.78, 5) is 2.50. The molecule has 1 aliphatic heterocycles. The quantitative estimate of drug-likeness (QED) is 0.616. The van der Waals surface area contributed by atoms with Gasteiger partial charge >= 0.3 is 0 Å². The van der Waals surface area contributed by atoms with E-state index in [0.29, 0.717) is 10.0 Å². The van der Waals surface area contributed by atoms with Gasteiger partial charge in [0, 0.05) is 12.6 Å². The van der Waals surface area contributed by atoms with E-state index in [1.54, 1.807) is 0 Å². The van der Waals surface area contributed by atoms with Gasteiger partial charge in [-0.05, 0) is 68.0 Å². The first-order chi connectivity index (χ1) is 12.1. The smallest absolute Gasteiger partial charge is 0.0595 e. The van der Waals surface area contributed by atoms with E-state index in [0.717, 1.165) is 37.5 Å². The lowest BCUT2D eigenvalue weighted by Gasteiger charge is -2.33. The highest BCUT2D eigenvalue weighted by Gasteiger charge is 2.21. The summed E-state index contributed by atoms with van der Waals surface area (Å²) < 4.78 is 0. The molecule has 2 aromatic rings. The Morgan fingerprint density at radius 3 is 2.22 bits per heavy atom. The third-order valence-electron chi connectivity index (χ3n) is 5.05. The van der Waals surface area contributed by atoms with Crippen molar-refractivity contribution in [3.8, 4) is 0 Å². The molecule has 1 atom stereocenters. The van der Waals surface area contributed by atoms with Crippen LogP contribution in [-0.4, -0.2) is 30.6 Å². The number of hydrogen-bond donors (Lipinski definition) is 1. The van der Waals surface area contributed by atoms with Gasteiger partial charge in [-0.1, -0.05) is 59.6 Å². The van der Waals surface area contributed by atoms with E-state index >= 15 is 0 Å². The van der Waals surface area contributed by atoms with Gasteiger partial charge in [-0.2, -0.15) is 0 Å². The summed E-state index contributed by atoms with van der Waals surface area (Å²) in [6.45, 7) is 3.23. The molecule has 1 aliphatic rings. The Hall–Kier alpha value is -0.480. The molecule has 3 rings (SSSR count). The molecule has 2 nitrogen and oxygen atoms in total. The fourth-order valence-electron chi connectivity index (χ4n) is 3.69. The highest BCUT2D eigenvalue weighted by Crippen LogP contribution is 2.24. The zero-order valence-corrected chi connectivity index (χ0v) is 18.5. The van der Waals surface area contributed by atoms with Crippen LogP contribution < -0.4 is 5.73 Å². The molecule has 2 N–H and O–H groups in total. The van der Waals surface area contributed by atoms with Gasteiger partial charge in [-0.25, -0.2) is 0 Å². The monoisotopic (exact) mass is 448 g/mol. The zero-order chi connectivity index (χ0) is 17.6. The van der Waals surface area contributed by atoms with Crippen molar-refractivity contribution in [3.05, 3.63) is 69.7 Å². The van der Waals surface area contributed by atoms with Crippen LogP contribution in [0, 0.1) is 5.92 Å². The van der Waals surface area contributed by atoms with E-state index in [2.05, 4.69) is 35.2 Å². The maximum atomic E-state index is 6.37. The predicted molar refractivity (Wildman–Crippen MR) is 122 cm³/mol. The fourth-order valence-corrected chi connectivity index (χ4v) is 4.01. The second kappa shape index (κ2) is 12.2. The van der Waals surface area contributed by atoms with Gasteiger partial charge < -0.3 is 10.6 Å². The number of likely N-dealkylation sites (tertiary alicyclic amines) is 1. The molecular weight excluding hydrogens is 422 g/mol. The Bertz CT molecular complexity index is 673. The van der Waals surface area contributed by atoms with Crippen molar-refractivity contribution in [1.82, 2.24) is 4.90 Å². The van der Waals surface area contributed by atoms with Crippen molar-refractivity contribution in [2.75, 3.05) is 19.6 Å². The van der Waals surface area contributed by atoms with Crippen LogP contribution in [0.4, 0.5) is 0 Å². The molecule has 0 radical (unpaired) electrons. The van der Waals surface area contributed by atoms with Crippen molar-refractivity contribution in [2.24, 2.45) is 11.7 Å². The van der Waals surface area contributed by atoms with Gasteiger partial charge in [0.2, 0.25) is 0 Å². The molecule has 27 heavy (non-hydrogen) atoms. The summed E-state index contributed by atoms with van der Waals surface area (Å²) in [5, 5.41) is 1.20. The highest BCUT2D eigenvalue weighted by molar-refractivity contribution is 6.42. The minimum atomic E-state index is 0. The van der Waals surface area contributed by atoms with Gasteiger partial charge in [0.1, 0.15) is 0 Å². The number of benzene rings is 2. The lowest BCUT2D eigenvalue weighted by atomic mass is 9.90. The normalized spacial score (nSPS) is 16.3. The number of nitrogens with zero attached hydrogens (tertiary/aromatic N) is 1. The Labute approximate surface area is 185 Å². The predicted octanol–water partition coefficient (Wildman–Crippen LogP) is 5.66. The van der Waals surface area contributed by atoms with Crippen molar-refractivity contribution in [1.29, 1.82) is 0 Å². The number of halogens is 4. The van der Waals surface area contributed by atoms with Gasteiger partial charge in [0.05, 0.1) is 10.0 Å². The first kappa shape index (κ1) is 24.6. The summed E-state index contributed by atoms with van der Waals surface area (Å²) in [6.07, 6.45) is 4.55. The minimum absolute atomic E-state index is 0. The Kier molecular flexibility index (Phi) is 11.1. The van der Waals surface area contributed by atoms with Crippen LogP contribution in [0.2, 0.25) is 10.0 Å². The van der Waals surface area contributed by atoms with Gasteiger partial charge in [0.15, 0.2) is 0 Å².